The average molecular weight is 429 g/mol. The van der Waals surface area contributed by atoms with Gasteiger partial charge in [0.2, 0.25) is 0 Å². The zero-order valence-corrected chi connectivity index (χ0v) is 18.9. The number of hydrogen-bond donors (Lipinski definition) is 0. The van der Waals surface area contributed by atoms with Crippen LogP contribution in [-0.2, 0) is 13.0 Å². The third-order valence-electron chi connectivity index (χ3n) is 7.84. The minimum absolute atomic E-state index is 0.401. The van der Waals surface area contributed by atoms with Gasteiger partial charge in [-0.15, -0.1) is 0 Å². The van der Waals surface area contributed by atoms with Gasteiger partial charge < -0.3 is 0 Å². The summed E-state index contributed by atoms with van der Waals surface area (Å²) in [5, 5.41) is 0. The maximum Gasteiger partial charge on any atom is 0.0614 e. The number of fused-ring (bicyclic) bond motifs is 6. The molecule has 0 radical (unpaired) electrons. The van der Waals surface area contributed by atoms with Gasteiger partial charge >= 0.3 is 0 Å². The smallest absolute Gasteiger partial charge is 0.0614 e. The van der Waals surface area contributed by atoms with Crippen molar-refractivity contribution in [2.24, 2.45) is 0 Å². The van der Waals surface area contributed by atoms with E-state index in [0.29, 0.717) is 6.04 Å². The highest BCUT2D eigenvalue weighted by atomic mass is 15.3. The van der Waals surface area contributed by atoms with E-state index in [4.69, 9.17) is 0 Å². The summed E-state index contributed by atoms with van der Waals surface area (Å²) >= 11 is 0. The maximum absolute atomic E-state index is 2.69. The minimum atomic E-state index is 0.401. The predicted octanol–water partition coefficient (Wildman–Crippen LogP) is 6.15. The molecule has 1 aliphatic heterocycles. The van der Waals surface area contributed by atoms with Gasteiger partial charge in [0.1, 0.15) is 0 Å². The molecule has 0 bridgehead atoms. The van der Waals surface area contributed by atoms with Crippen molar-refractivity contribution < 1.29 is 0 Å². The first kappa shape index (κ1) is 19.3. The summed E-state index contributed by atoms with van der Waals surface area (Å²) in [6.07, 6.45) is 1.08. The molecule has 4 aromatic carbocycles. The molecular weight excluding hydrogens is 400 g/mol. The third-order valence-corrected chi connectivity index (χ3v) is 7.84. The summed E-state index contributed by atoms with van der Waals surface area (Å²) in [7, 11) is 0. The van der Waals surface area contributed by atoms with Crippen LogP contribution in [0.1, 0.15) is 33.9 Å². The highest BCUT2D eigenvalue weighted by Crippen LogP contribution is 2.46. The van der Waals surface area contributed by atoms with Crippen LogP contribution in [0, 0.1) is 0 Å². The quantitative estimate of drug-likeness (QED) is 0.340. The first-order chi connectivity index (χ1) is 16.3. The normalized spacial score (nSPS) is 17.5. The molecule has 0 spiro atoms. The topological polar surface area (TPSA) is 6.48 Å². The molecule has 0 saturated carbocycles. The lowest BCUT2D eigenvalue weighted by molar-refractivity contribution is 0.106. The standard InChI is InChI=1S/C31H28N2/c1-2-8-25-23(7-1)20-24-19-22(13-14-26(24)25)21-32-15-17-33(18-16-32)31-29-11-5-3-9-27(29)28-10-4-6-12-30(28)31/h1-14,19,31H,15-18,20-21H2. The summed E-state index contributed by atoms with van der Waals surface area (Å²) < 4.78 is 0. The van der Waals surface area contributed by atoms with Crippen molar-refractivity contribution >= 4 is 0 Å². The van der Waals surface area contributed by atoms with Crippen LogP contribution in [0.5, 0.6) is 0 Å². The Hall–Kier alpha value is -3.20. The summed E-state index contributed by atoms with van der Waals surface area (Å²) in [6.45, 7) is 5.53. The molecule has 1 heterocycles. The van der Waals surface area contributed by atoms with Crippen LogP contribution in [0.3, 0.4) is 0 Å². The van der Waals surface area contributed by atoms with Crippen molar-refractivity contribution in [1.82, 2.24) is 9.80 Å². The highest BCUT2D eigenvalue weighted by molar-refractivity contribution is 5.79. The lowest BCUT2D eigenvalue weighted by atomic mass is 10.0. The van der Waals surface area contributed by atoms with E-state index in [0.717, 1.165) is 39.1 Å². The monoisotopic (exact) mass is 428 g/mol. The Morgan fingerprint density at radius 2 is 1.18 bits per heavy atom. The molecule has 0 atom stereocenters. The van der Waals surface area contributed by atoms with E-state index in [1.807, 2.05) is 0 Å². The number of piperazine rings is 1. The fourth-order valence-electron chi connectivity index (χ4n) is 6.26. The molecule has 2 heteroatoms. The number of rotatable bonds is 3. The van der Waals surface area contributed by atoms with Gasteiger partial charge in [-0.25, -0.2) is 0 Å². The molecule has 0 unspecified atom stereocenters. The van der Waals surface area contributed by atoms with Crippen LogP contribution in [-0.4, -0.2) is 36.0 Å². The van der Waals surface area contributed by atoms with Gasteiger partial charge in [0, 0.05) is 32.7 Å². The zero-order chi connectivity index (χ0) is 21.8. The van der Waals surface area contributed by atoms with E-state index in [2.05, 4.69) is 101 Å². The molecule has 1 fully saturated rings. The second kappa shape index (κ2) is 7.69. The Morgan fingerprint density at radius 3 is 1.91 bits per heavy atom. The van der Waals surface area contributed by atoms with Crippen molar-refractivity contribution in [2.75, 3.05) is 26.2 Å². The van der Waals surface area contributed by atoms with Crippen molar-refractivity contribution in [3.8, 4) is 22.3 Å². The first-order valence-electron chi connectivity index (χ1n) is 12.2. The second-order valence-corrected chi connectivity index (χ2v) is 9.71. The van der Waals surface area contributed by atoms with Gasteiger partial charge in [0.15, 0.2) is 0 Å². The van der Waals surface area contributed by atoms with Crippen LogP contribution in [0.25, 0.3) is 22.3 Å². The lowest BCUT2D eigenvalue weighted by Crippen LogP contribution is -2.47. The molecule has 0 amide bonds. The number of nitrogens with zero attached hydrogens (tertiary/aromatic N) is 2. The zero-order valence-electron chi connectivity index (χ0n) is 18.9. The van der Waals surface area contributed by atoms with Gasteiger partial charge in [-0.3, -0.25) is 9.80 Å². The summed E-state index contributed by atoms with van der Waals surface area (Å²) in [6, 6.07) is 34.4. The molecule has 4 aromatic rings. The van der Waals surface area contributed by atoms with Crippen molar-refractivity contribution in [2.45, 2.75) is 19.0 Å². The minimum Gasteiger partial charge on any atom is -0.297 e. The van der Waals surface area contributed by atoms with E-state index in [9.17, 15) is 0 Å². The van der Waals surface area contributed by atoms with Gasteiger partial charge in [-0.05, 0) is 56.5 Å². The highest BCUT2D eigenvalue weighted by Gasteiger charge is 2.34. The van der Waals surface area contributed by atoms with E-state index in [1.54, 1.807) is 0 Å². The average Bonchev–Trinajstić information content (AvgIpc) is 3.40. The Morgan fingerprint density at radius 1 is 0.576 bits per heavy atom. The molecular formula is C31H28N2. The lowest BCUT2D eigenvalue weighted by Gasteiger charge is -2.38. The van der Waals surface area contributed by atoms with Crippen LogP contribution < -0.4 is 0 Å². The molecule has 2 nitrogen and oxygen atoms in total. The summed E-state index contributed by atoms with van der Waals surface area (Å²) in [5.74, 6) is 0. The molecule has 1 saturated heterocycles. The molecule has 0 N–H and O–H groups in total. The second-order valence-electron chi connectivity index (χ2n) is 9.71. The van der Waals surface area contributed by atoms with Gasteiger partial charge in [0.25, 0.3) is 0 Å². The van der Waals surface area contributed by atoms with Crippen LogP contribution >= 0.6 is 0 Å². The van der Waals surface area contributed by atoms with Crippen molar-refractivity contribution in [1.29, 1.82) is 0 Å². The Kier molecular flexibility index (Phi) is 4.49. The maximum atomic E-state index is 2.69. The van der Waals surface area contributed by atoms with E-state index in [1.165, 1.54) is 50.1 Å². The molecule has 3 aliphatic rings. The largest absolute Gasteiger partial charge is 0.297 e. The van der Waals surface area contributed by atoms with Crippen LogP contribution in [0.15, 0.2) is 91.0 Å². The SMILES string of the molecule is c1ccc2c(c1)Cc1cc(CN3CCN(C4c5ccccc5-c5ccccc54)CC3)ccc1-2. The molecule has 7 rings (SSSR count). The fraction of sp³-hybridized carbons (Fsp3) is 0.226. The van der Waals surface area contributed by atoms with Crippen molar-refractivity contribution in [3.05, 3.63) is 119 Å². The molecule has 162 valence electrons. The first-order valence-corrected chi connectivity index (χ1v) is 12.2. The summed E-state index contributed by atoms with van der Waals surface area (Å²) in [5.41, 5.74) is 13.0. The van der Waals surface area contributed by atoms with Gasteiger partial charge in [-0.1, -0.05) is 91.0 Å². The van der Waals surface area contributed by atoms with Gasteiger partial charge in [-0.2, -0.15) is 0 Å². The van der Waals surface area contributed by atoms with E-state index < -0.39 is 0 Å². The van der Waals surface area contributed by atoms with E-state index in [-0.39, 0.29) is 0 Å². The number of hydrogen-bond acceptors (Lipinski definition) is 2. The van der Waals surface area contributed by atoms with Crippen LogP contribution in [0.2, 0.25) is 0 Å². The molecule has 0 aromatic heterocycles. The predicted molar refractivity (Wildman–Crippen MR) is 135 cm³/mol. The number of benzene rings is 4. The van der Waals surface area contributed by atoms with Crippen LogP contribution in [0.4, 0.5) is 0 Å². The fourth-order valence-corrected chi connectivity index (χ4v) is 6.26. The van der Waals surface area contributed by atoms with E-state index >= 15 is 0 Å². The molecule has 2 aliphatic carbocycles. The molecule has 33 heavy (non-hydrogen) atoms. The van der Waals surface area contributed by atoms with Crippen molar-refractivity contribution in [3.63, 3.8) is 0 Å². The Balaban J connectivity index is 1.07. The Labute approximate surface area is 196 Å². The Bertz CT molecular complexity index is 1300. The third kappa shape index (κ3) is 3.17. The summed E-state index contributed by atoms with van der Waals surface area (Å²) in [4.78, 5) is 5.33. The van der Waals surface area contributed by atoms with Gasteiger partial charge in [0.05, 0.1) is 6.04 Å².